The van der Waals surface area contributed by atoms with Crippen LogP contribution in [0.4, 0.5) is 5.13 Å². The molecule has 0 amide bonds. The fourth-order valence-electron chi connectivity index (χ4n) is 1.35. The molecule has 0 atom stereocenters. The van der Waals surface area contributed by atoms with Gasteiger partial charge in [0.1, 0.15) is 5.51 Å². The van der Waals surface area contributed by atoms with E-state index in [1.54, 1.807) is 0 Å². The van der Waals surface area contributed by atoms with Crippen LogP contribution in [0.3, 0.4) is 0 Å². The Morgan fingerprint density at radius 1 is 1.32 bits per heavy atom. The number of hydrogen-bond donors (Lipinski definition) is 2. The lowest BCUT2D eigenvalue weighted by molar-refractivity contribution is -0.136. The Labute approximate surface area is 113 Å². The zero-order valence-corrected chi connectivity index (χ0v) is 11.1. The molecule has 1 aromatic heterocycles. The molecule has 9 heteroatoms. The van der Waals surface area contributed by atoms with E-state index in [1.165, 1.54) is 29.8 Å². The molecular formula is C10H9N3O4S2. The van der Waals surface area contributed by atoms with E-state index >= 15 is 0 Å². The van der Waals surface area contributed by atoms with E-state index in [9.17, 15) is 13.2 Å². The first kappa shape index (κ1) is 13.4. The molecule has 0 radical (unpaired) electrons. The molecule has 0 aliphatic carbocycles. The highest BCUT2D eigenvalue weighted by Gasteiger charge is 2.15. The highest BCUT2D eigenvalue weighted by Crippen LogP contribution is 2.17. The van der Waals surface area contributed by atoms with Gasteiger partial charge in [-0.25, -0.2) is 8.42 Å². The van der Waals surface area contributed by atoms with Crippen LogP contribution < -0.4 is 4.72 Å². The van der Waals surface area contributed by atoms with Crippen LogP contribution in [-0.2, 0) is 21.2 Å². The molecule has 19 heavy (non-hydrogen) atoms. The molecule has 0 unspecified atom stereocenters. The Kier molecular flexibility index (Phi) is 3.76. The largest absolute Gasteiger partial charge is 0.481 e. The van der Waals surface area contributed by atoms with Crippen molar-refractivity contribution in [2.24, 2.45) is 0 Å². The van der Waals surface area contributed by atoms with Crippen LogP contribution in [0.2, 0.25) is 0 Å². The predicted octanol–water partition coefficient (Wildman–Crippen LogP) is 0.966. The molecule has 0 fully saturated rings. The number of hydrogen-bond acceptors (Lipinski definition) is 6. The topological polar surface area (TPSA) is 109 Å². The third-order valence-corrected chi connectivity index (χ3v) is 4.26. The second-order valence-electron chi connectivity index (χ2n) is 3.56. The molecule has 7 nitrogen and oxygen atoms in total. The average Bonchev–Trinajstić information content (AvgIpc) is 2.81. The van der Waals surface area contributed by atoms with Crippen molar-refractivity contribution in [1.82, 2.24) is 10.2 Å². The van der Waals surface area contributed by atoms with Crippen molar-refractivity contribution in [1.29, 1.82) is 0 Å². The summed E-state index contributed by atoms with van der Waals surface area (Å²) in [6.45, 7) is 0. The van der Waals surface area contributed by atoms with Gasteiger partial charge < -0.3 is 5.11 Å². The van der Waals surface area contributed by atoms with Gasteiger partial charge in [-0.15, -0.1) is 10.2 Å². The van der Waals surface area contributed by atoms with E-state index in [4.69, 9.17) is 5.11 Å². The Balaban J connectivity index is 2.19. The Morgan fingerprint density at radius 3 is 2.53 bits per heavy atom. The number of carboxylic acid groups (broad SMARTS) is 1. The predicted molar refractivity (Wildman–Crippen MR) is 68.5 cm³/mol. The van der Waals surface area contributed by atoms with Gasteiger partial charge in [0.15, 0.2) is 0 Å². The third-order valence-electron chi connectivity index (χ3n) is 2.17. The summed E-state index contributed by atoms with van der Waals surface area (Å²) in [6, 6.07) is 5.62. The summed E-state index contributed by atoms with van der Waals surface area (Å²) in [7, 11) is -3.72. The minimum absolute atomic E-state index is 0.0387. The molecule has 2 aromatic rings. The molecule has 0 aliphatic heterocycles. The fourth-order valence-corrected chi connectivity index (χ4v) is 3.05. The summed E-state index contributed by atoms with van der Waals surface area (Å²) >= 11 is 1.07. The van der Waals surface area contributed by atoms with Crippen LogP contribution in [0.25, 0.3) is 0 Å². The monoisotopic (exact) mass is 299 g/mol. The quantitative estimate of drug-likeness (QED) is 0.851. The Hall–Kier alpha value is -2.00. The lowest BCUT2D eigenvalue weighted by atomic mass is 10.2. The summed E-state index contributed by atoms with van der Waals surface area (Å²) in [5.74, 6) is -0.970. The first-order valence-corrected chi connectivity index (χ1v) is 7.43. The lowest BCUT2D eigenvalue weighted by Gasteiger charge is -2.05. The number of nitrogens with zero attached hydrogens (tertiary/aromatic N) is 2. The molecular weight excluding hydrogens is 290 g/mol. The van der Waals surface area contributed by atoms with Gasteiger partial charge in [-0.2, -0.15) is 0 Å². The number of nitrogens with one attached hydrogen (secondary N) is 1. The summed E-state index contributed by atoms with van der Waals surface area (Å²) in [4.78, 5) is 10.6. The van der Waals surface area contributed by atoms with Crippen molar-refractivity contribution < 1.29 is 18.3 Å². The zero-order chi connectivity index (χ0) is 13.9. The first-order valence-electron chi connectivity index (χ1n) is 5.07. The summed E-state index contributed by atoms with van der Waals surface area (Å²) in [6.07, 6.45) is -0.149. The second-order valence-corrected chi connectivity index (χ2v) is 6.08. The van der Waals surface area contributed by atoms with Crippen LogP contribution in [0, 0.1) is 0 Å². The van der Waals surface area contributed by atoms with Crippen molar-refractivity contribution >= 4 is 32.5 Å². The van der Waals surface area contributed by atoms with Crippen LogP contribution >= 0.6 is 11.3 Å². The molecule has 2 rings (SSSR count). The minimum Gasteiger partial charge on any atom is -0.481 e. The Bertz CT molecular complexity index is 665. The zero-order valence-electron chi connectivity index (χ0n) is 9.48. The molecule has 2 N–H and O–H groups in total. The maximum absolute atomic E-state index is 11.9. The van der Waals surface area contributed by atoms with E-state index in [2.05, 4.69) is 14.9 Å². The fraction of sp³-hybridized carbons (Fsp3) is 0.100. The van der Waals surface area contributed by atoms with Crippen molar-refractivity contribution in [3.05, 3.63) is 35.3 Å². The lowest BCUT2D eigenvalue weighted by Crippen LogP contribution is -2.13. The van der Waals surface area contributed by atoms with E-state index in [0.717, 1.165) is 11.3 Å². The smallest absolute Gasteiger partial charge is 0.307 e. The van der Waals surface area contributed by atoms with Crippen LogP contribution in [0.1, 0.15) is 5.56 Å². The third kappa shape index (κ3) is 3.48. The number of aliphatic carboxylic acids is 1. The van der Waals surface area contributed by atoms with Crippen LogP contribution in [0.5, 0.6) is 0 Å². The number of carboxylic acids is 1. The average molecular weight is 299 g/mol. The van der Waals surface area contributed by atoms with Crippen LogP contribution in [-0.4, -0.2) is 29.7 Å². The molecule has 0 saturated heterocycles. The van der Waals surface area contributed by atoms with Crippen molar-refractivity contribution in [3.63, 3.8) is 0 Å². The molecule has 1 heterocycles. The maximum atomic E-state index is 11.9. The van der Waals surface area contributed by atoms with Gasteiger partial charge in [0.2, 0.25) is 5.13 Å². The SMILES string of the molecule is O=C(O)Cc1ccc(S(=O)(=O)Nc2nncs2)cc1. The Morgan fingerprint density at radius 2 is 2.00 bits per heavy atom. The van der Waals surface area contributed by atoms with Gasteiger partial charge in [-0.3, -0.25) is 9.52 Å². The van der Waals surface area contributed by atoms with E-state index in [0.29, 0.717) is 5.56 Å². The number of anilines is 1. The standard InChI is InChI=1S/C10H9N3O4S2/c14-9(15)5-7-1-3-8(4-2-7)19(16,17)13-10-12-11-6-18-10/h1-4,6H,5H2,(H,12,13)(H,14,15). The van der Waals surface area contributed by atoms with Gasteiger partial charge in [-0.1, -0.05) is 23.5 Å². The molecule has 0 spiro atoms. The van der Waals surface area contributed by atoms with Gasteiger partial charge in [-0.05, 0) is 17.7 Å². The van der Waals surface area contributed by atoms with E-state index in [-0.39, 0.29) is 16.4 Å². The van der Waals surface area contributed by atoms with E-state index < -0.39 is 16.0 Å². The minimum atomic E-state index is -3.72. The van der Waals surface area contributed by atoms with Crippen LogP contribution in [0.15, 0.2) is 34.7 Å². The second kappa shape index (κ2) is 5.33. The highest BCUT2D eigenvalue weighted by atomic mass is 32.2. The highest BCUT2D eigenvalue weighted by molar-refractivity contribution is 7.93. The molecule has 1 aromatic carbocycles. The number of rotatable bonds is 5. The summed E-state index contributed by atoms with van der Waals surface area (Å²) in [5, 5.41) is 15.9. The summed E-state index contributed by atoms with van der Waals surface area (Å²) in [5.41, 5.74) is 1.94. The molecule has 0 bridgehead atoms. The normalized spacial score (nSPS) is 11.2. The van der Waals surface area contributed by atoms with Gasteiger partial charge >= 0.3 is 5.97 Å². The maximum Gasteiger partial charge on any atom is 0.307 e. The van der Waals surface area contributed by atoms with E-state index in [1.807, 2.05) is 0 Å². The van der Waals surface area contributed by atoms with Gasteiger partial charge in [0.05, 0.1) is 11.3 Å². The number of benzene rings is 1. The first-order chi connectivity index (χ1) is 8.97. The number of carbonyl (C=O) groups is 1. The molecule has 0 aliphatic rings. The number of sulfonamides is 1. The van der Waals surface area contributed by atoms with Crippen molar-refractivity contribution in [2.45, 2.75) is 11.3 Å². The van der Waals surface area contributed by atoms with Gasteiger partial charge in [0, 0.05) is 0 Å². The van der Waals surface area contributed by atoms with Crippen molar-refractivity contribution in [2.75, 3.05) is 4.72 Å². The summed E-state index contributed by atoms with van der Waals surface area (Å²) < 4.78 is 26.2. The molecule has 0 saturated carbocycles. The van der Waals surface area contributed by atoms with Crippen molar-refractivity contribution in [3.8, 4) is 0 Å². The van der Waals surface area contributed by atoms with Gasteiger partial charge in [0.25, 0.3) is 10.0 Å². The molecule has 100 valence electrons. The number of aromatic nitrogens is 2.